The smallest absolute Gasteiger partial charge is 0.126 e. The highest BCUT2D eigenvalue weighted by Gasteiger charge is 2.20. The van der Waals surface area contributed by atoms with Crippen molar-refractivity contribution in [3.8, 4) is 0 Å². The molecule has 1 aliphatic rings. The monoisotopic (exact) mass is 303 g/mol. The summed E-state index contributed by atoms with van der Waals surface area (Å²) in [6.07, 6.45) is 4.76. The van der Waals surface area contributed by atoms with E-state index in [2.05, 4.69) is 17.4 Å². The van der Waals surface area contributed by atoms with Crippen LogP contribution in [0.5, 0.6) is 0 Å². The molecule has 1 aliphatic carbocycles. The molecule has 1 aromatic carbocycles. The maximum atomic E-state index is 6.37. The number of rotatable bonds is 3. The molecule has 1 heterocycles. The standard InChI is InChI=1S/C17H22ClN3/c1-11-2-5-13-6-9-15(21-17(13)16(11)18)20-14-7-3-12(10-19)4-8-14/h2,5-6,9,12,14H,3-4,7-8,10,19H2,1H3,(H,20,21). The third kappa shape index (κ3) is 3.14. The Balaban J connectivity index is 1.77. The Hall–Kier alpha value is -1.32. The quantitative estimate of drug-likeness (QED) is 0.896. The molecule has 0 atom stereocenters. The van der Waals surface area contributed by atoms with Crippen molar-refractivity contribution in [1.29, 1.82) is 0 Å². The highest BCUT2D eigenvalue weighted by molar-refractivity contribution is 6.35. The van der Waals surface area contributed by atoms with Crippen molar-refractivity contribution >= 4 is 28.3 Å². The van der Waals surface area contributed by atoms with Gasteiger partial charge in [-0.1, -0.05) is 23.7 Å². The summed E-state index contributed by atoms with van der Waals surface area (Å²) in [5, 5.41) is 5.39. The van der Waals surface area contributed by atoms with Gasteiger partial charge in [0.25, 0.3) is 0 Å². The van der Waals surface area contributed by atoms with Gasteiger partial charge in [-0.05, 0) is 62.8 Å². The number of nitrogens with zero attached hydrogens (tertiary/aromatic N) is 1. The molecule has 1 fully saturated rings. The molecule has 0 radical (unpaired) electrons. The van der Waals surface area contributed by atoms with Crippen molar-refractivity contribution < 1.29 is 0 Å². The van der Waals surface area contributed by atoms with Gasteiger partial charge in [-0.3, -0.25) is 0 Å². The van der Waals surface area contributed by atoms with Crippen LogP contribution in [0.25, 0.3) is 10.9 Å². The summed E-state index contributed by atoms with van der Waals surface area (Å²) in [6, 6.07) is 8.74. The van der Waals surface area contributed by atoms with Gasteiger partial charge in [0, 0.05) is 11.4 Å². The van der Waals surface area contributed by atoms with Crippen molar-refractivity contribution in [1.82, 2.24) is 4.98 Å². The van der Waals surface area contributed by atoms with E-state index >= 15 is 0 Å². The first-order chi connectivity index (χ1) is 10.2. The fraction of sp³-hybridized carbons (Fsp3) is 0.471. The van der Waals surface area contributed by atoms with Gasteiger partial charge in [-0.25, -0.2) is 4.98 Å². The van der Waals surface area contributed by atoms with E-state index in [9.17, 15) is 0 Å². The number of fused-ring (bicyclic) bond motifs is 1. The Kier molecular flexibility index (Phi) is 4.32. The number of hydrogen-bond acceptors (Lipinski definition) is 3. The molecular weight excluding hydrogens is 282 g/mol. The molecule has 0 spiro atoms. The molecule has 1 saturated carbocycles. The van der Waals surface area contributed by atoms with Crippen LogP contribution in [0.4, 0.5) is 5.82 Å². The summed E-state index contributed by atoms with van der Waals surface area (Å²) >= 11 is 6.37. The van der Waals surface area contributed by atoms with E-state index in [1.54, 1.807) is 0 Å². The molecule has 0 saturated heterocycles. The fourth-order valence-corrected chi connectivity index (χ4v) is 3.30. The first-order valence-electron chi connectivity index (χ1n) is 7.70. The van der Waals surface area contributed by atoms with Crippen molar-refractivity contribution in [2.45, 2.75) is 38.6 Å². The van der Waals surface area contributed by atoms with E-state index < -0.39 is 0 Å². The van der Waals surface area contributed by atoms with Gasteiger partial charge in [0.2, 0.25) is 0 Å². The first kappa shape index (κ1) is 14.6. The Morgan fingerprint density at radius 1 is 1.19 bits per heavy atom. The summed E-state index contributed by atoms with van der Waals surface area (Å²) in [5.74, 6) is 1.62. The third-order valence-corrected chi connectivity index (χ3v) is 5.00. The molecule has 1 aromatic heterocycles. The molecule has 0 bridgehead atoms. The number of nitrogens with one attached hydrogen (secondary N) is 1. The molecule has 0 amide bonds. The van der Waals surface area contributed by atoms with Crippen molar-refractivity contribution in [2.24, 2.45) is 11.7 Å². The van der Waals surface area contributed by atoms with Crippen LogP contribution >= 0.6 is 11.6 Å². The summed E-state index contributed by atoms with van der Waals surface area (Å²) in [4.78, 5) is 4.70. The van der Waals surface area contributed by atoms with E-state index in [1.807, 2.05) is 19.1 Å². The lowest BCUT2D eigenvalue weighted by atomic mass is 9.86. The Labute approximate surface area is 130 Å². The number of anilines is 1. The van der Waals surface area contributed by atoms with Crippen LogP contribution in [0, 0.1) is 12.8 Å². The summed E-state index contributed by atoms with van der Waals surface area (Å²) < 4.78 is 0. The highest BCUT2D eigenvalue weighted by Crippen LogP contribution is 2.29. The minimum atomic E-state index is 0.501. The Bertz CT molecular complexity index is 633. The fourth-order valence-electron chi connectivity index (χ4n) is 3.09. The van der Waals surface area contributed by atoms with E-state index in [-0.39, 0.29) is 0 Å². The zero-order chi connectivity index (χ0) is 14.8. The summed E-state index contributed by atoms with van der Waals surface area (Å²) in [6.45, 7) is 2.83. The molecule has 3 nitrogen and oxygen atoms in total. The lowest BCUT2D eigenvalue weighted by Crippen LogP contribution is -2.29. The predicted molar refractivity (Wildman–Crippen MR) is 89.9 cm³/mol. The molecule has 0 unspecified atom stereocenters. The van der Waals surface area contributed by atoms with Gasteiger partial charge in [0.1, 0.15) is 5.82 Å². The number of hydrogen-bond donors (Lipinski definition) is 2. The molecule has 0 aliphatic heterocycles. The van der Waals surface area contributed by atoms with E-state index in [1.165, 1.54) is 25.7 Å². The molecule has 3 rings (SSSR count). The van der Waals surface area contributed by atoms with Gasteiger partial charge >= 0.3 is 0 Å². The second-order valence-electron chi connectivity index (χ2n) is 6.06. The van der Waals surface area contributed by atoms with Crippen LogP contribution in [-0.2, 0) is 0 Å². The summed E-state index contributed by atoms with van der Waals surface area (Å²) in [7, 11) is 0. The molecule has 21 heavy (non-hydrogen) atoms. The van der Waals surface area contributed by atoms with E-state index in [0.717, 1.165) is 33.9 Å². The lowest BCUT2D eigenvalue weighted by Gasteiger charge is -2.28. The van der Waals surface area contributed by atoms with Crippen LogP contribution in [0.2, 0.25) is 5.02 Å². The maximum absolute atomic E-state index is 6.37. The van der Waals surface area contributed by atoms with Gasteiger partial charge in [0.15, 0.2) is 0 Å². The predicted octanol–water partition coefficient (Wildman–Crippen LogP) is 4.13. The largest absolute Gasteiger partial charge is 0.367 e. The van der Waals surface area contributed by atoms with Crippen molar-refractivity contribution in [3.63, 3.8) is 0 Å². The van der Waals surface area contributed by atoms with Gasteiger partial charge in [-0.15, -0.1) is 0 Å². The van der Waals surface area contributed by atoms with Gasteiger partial charge in [0.05, 0.1) is 10.5 Å². The molecule has 2 aromatic rings. The number of nitrogens with two attached hydrogens (primary N) is 1. The molecule has 112 valence electrons. The van der Waals surface area contributed by atoms with Gasteiger partial charge < -0.3 is 11.1 Å². The minimum Gasteiger partial charge on any atom is -0.367 e. The zero-order valence-corrected chi connectivity index (χ0v) is 13.2. The average Bonchev–Trinajstić information content (AvgIpc) is 2.52. The number of aryl methyl sites for hydroxylation is 1. The zero-order valence-electron chi connectivity index (χ0n) is 12.4. The van der Waals surface area contributed by atoms with E-state index in [4.69, 9.17) is 22.3 Å². The number of pyridine rings is 1. The van der Waals surface area contributed by atoms with Crippen LogP contribution in [0.3, 0.4) is 0 Å². The second kappa shape index (κ2) is 6.20. The Morgan fingerprint density at radius 3 is 2.62 bits per heavy atom. The lowest BCUT2D eigenvalue weighted by molar-refractivity contribution is 0.344. The normalized spacial score (nSPS) is 22.4. The minimum absolute atomic E-state index is 0.501. The van der Waals surface area contributed by atoms with Crippen LogP contribution in [0.1, 0.15) is 31.2 Å². The number of benzene rings is 1. The second-order valence-corrected chi connectivity index (χ2v) is 6.44. The summed E-state index contributed by atoms with van der Waals surface area (Å²) in [5.41, 5.74) is 7.70. The van der Waals surface area contributed by atoms with E-state index in [0.29, 0.717) is 12.0 Å². The number of aromatic nitrogens is 1. The Morgan fingerprint density at radius 2 is 1.90 bits per heavy atom. The molecular formula is C17H22ClN3. The number of halogens is 1. The van der Waals surface area contributed by atoms with Crippen LogP contribution in [0.15, 0.2) is 24.3 Å². The van der Waals surface area contributed by atoms with Crippen LogP contribution in [-0.4, -0.2) is 17.6 Å². The van der Waals surface area contributed by atoms with Gasteiger partial charge in [-0.2, -0.15) is 0 Å². The van der Waals surface area contributed by atoms with Crippen molar-refractivity contribution in [2.75, 3.05) is 11.9 Å². The van der Waals surface area contributed by atoms with Crippen LogP contribution < -0.4 is 11.1 Å². The first-order valence-corrected chi connectivity index (χ1v) is 8.07. The molecule has 4 heteroatoms. The van der Waals surface area contributed by atoms with Crippen molar-refractivity contribution in [3.05, 3.63) is 34.9 Å². The highest BCUT2D eigenvalue weighted by atomic mass is 35.5. The molecule has 3 N–H and O–H groups in total. The third-order valence-electron chi connectivity index (χ3n) is 4.53. The SMILES string of the molecule is Cc1ccc2ccc(NC3CCC(CN)CC3)nc2c1Cl. The topological polar surface area (TPSA) is 50.9 Å². The maximum Gasteiger partial charge on any atom is 0.126 e. The average molecular weight is 304 g/mol.